The lowest BCUT2D eigenvalue weighted by molar-refractivity contribution is 0.285. The van der Waals surface area contributed by atoms with Crippen LogP contribution in [0.2, 0.25) is 5.04 Å². The quantitative estimate of drug-likeness (QED) is 0.221. The van der Waals surface area contributed by atoms with Crippen LogP contribution in [0.3, 0.4) is 0 Å². The van der Waals surface area contributed by atoms with Gasteiger partial charge in [-0.05, 0) is 32.1 Å². The minimum Gasteiger partial charge on any atom is -0.403 e. The van der Waals surface area contributed by atoms with Gasteiger partial charge in [0, 0.05) is 4.91 Å². The van der Waals surface area contributed by atoms with Crippen molar-refractivity contribution < 1.29 is 4.43 Å². The van der Waals surface area contributed by atoms with E-state index in [1.807, 2.05) is 30.3 Å². The molecule has 3 aromatic carbocycles. The number of azide groups is 1. The number of nitrogens with zero attached hydrogens (tertiary/aromatic N) is 3. The molecule has 0 heterocycles. The molecule has 0 bridgehead atoms. The fourth-order valence-corrected chi connectivity index (χ4v) is 8.44. The topological polar surface area (TPSA) is 58.0 Å². The van der Waals surface area contributed by atoms with Crippen molar-refractivity contribution in [1.82, 2.24) is 0 Å². The normalized spacial score (nSPS) is 11.7. The largest absolute Gasteiger partial charge is 0.403 e. The molecule has 0 spiro atoms. The number of hydrogen-bond donors (Lipinski definition) is 0. The molecule has 0 N–H and O–H groups in total. The Bertz CT molecular complexity index is 938. The SMILES string of the molecule is CC(C)(C)[Si](OCc1ccccc1CN=[N+]=[N-])(c1ccccc1)c1ccccc1. The third kappa shape index (κ3) is 4.43. The molecule has 0 saturated heterocycles. The fraction of sp³-hybridized carbons (Fsp3) is 0.250. The summed E-state index contributed by atoms with van der Waals surface area (Å²) in [7, 11) is -2.59. The zero-order chi connectivity index (χ0) is 20.7. The Balaban J connectivity index is 2.09. The van der Waals surface area contributed by atoms with E-state index in [4.69, 9.17) is 9.96 Å². The van der Waals surface area contributed by atoms with Crippen LogP contribution in [-0.2, 0) is 17.6 Å². The first kappa shape index (κ1) is 20.9. The molecule has 148 valence electrons. The summed E-state index contributed by atoms with van der Waals surface area (Å²) in [5.74, 6) is 0. The lowest BCUT2D eigenvalue weighted by Crippen LogP contribution is -2.66. The summed E-state index contributed by atoms with van der Waals surface area (Å²) in [6.07, 6.45) is 0. The number of hydrogen-bond acceptors (Lipinski definition) is 2. The molecule has 0 aromatic heterocycles. The van der Waals surface area contributed by atoms with E-state index in [0.29, 0.717) is 13.2 Å². The Kier molecular flexibility index (Phi) is 6.55. The van der Waals surface area contributed by atoms with Gasteiger partial charge in [-0.1, -0.05) is 111 Å². The van der Waals surface area contributed by atoms with E-state index in [2.05, 4.69) is 85.4 Å². The Morgan fingerprint density at radius 1 is 0.793 bits per heavy atom. The first-order valence-electron chi connectivity index (χ1n) is 9.81. The highest BCUT2D eigenvalue weighted by molar-refractivity contribution is 6.99. The maximum Gasteiger partial charge on any atom is 0.261 e. The van der Waals surface area contributed by atoms with Crippen LogP contribution in [0.4, 0.5) is 0 Å². The first-order chi connectivity index (χ1) is 14.0. The Morgan fingerprint density at radius 3 is 1.76 bits per heavy atom. The van der Waals surface area contributed by atoms with Crippen LogP contribution in [0.25, 0.3) is 10.4 Å². The monoisotopic (exact) mass is 401 g/mol. The Hall–Kier alpha value is -2.85. The molecule has 0 amide bonds. The summed E-state index contributed by atoms with van der Waals surface area (Å²) in [5.41, 5.74) is 10.8. The summed E-state index contributed by atoms with van der Waals surface area (Å²) < 4.78 is 6.98. The van der Waals surface area contributed by atoms with E-state index in [-0.39, 0.29) is 5.04 Å². The van der Waals surface area contributed by atoms with Gasteiger partial charge >= 0.3 is 0 Å². The minimum absolute atomic E-state index is 0.0740. The van der Waals surface area contributed by atoms with Crippen LogP contribution < -0.4 is 10.4 Å². The van der Waals surface area contributed by atoms with Gasteiger partial charge in [-0.25, -0.2) is 0 Å². The number of rotatable bonds is 7. The van der Waals surface area contributed by atoms with Gasteiger partial charge in [0.25, 0.3) is 8.32 Å². The van der Waals surface area contributed by atoms with Crippen molar-refractivity contribution in [2.45, 2.75) is 39.0 Å². The standard InChI is InChI=1S/C24H27N3OSi/c1-24(2,3)29(22-14-6-4-7-15-22,23-16-8-5-9-17-23)28-19-21-13-11-10-12-20(21)18-26-27-25/h4-17H,18-19H2,1-3H3. The van der Waals surface area contributed by atoms with Crippen LogP contribution in [0.15, 0.2) is 90.0 Å². The van der Waals surface area contributed by atoms with E-state index < -0.39 is 8.32 Å². The maximum absolute atomic E-state index is 8.72. The molecule has 0 radical (unpaired) electrons. The Labute approximate surface area is 173 Å². The van der Waals surface area contributed by atoms with Crippen molar-refractivity contribution in [2.24, 2.45) is 5.11 Å². The van der Waals surface area contributed by atoms with Crippen molar-refractivity contribution in [3.63, 3.8) is 0 Å². The fourth-order valence-electron chi connectivity index (χ4n) is 3.91. The third-order valence-electron chi connectivity index (χ3n) is 5.28. The molecular formula is C24H27N3OSi. The van der Waals surface area contributed by atoms with E-state index in [1.165, 1.54) is 10.4 Å². The van der Waals surface area contributed by atoms with Crippen molar-refractivity contribution in [3.05, 3.63) is 106 Å². The van der Waals surface area contributed by atoms with Gasteiger partial charge in [0.1, 0.15) is 0 Å². The lowest BCUT2D eigenvalue weighted by atomic mass is 10.1. The summed E-state index contributed by atoms with van der Waals surface area (Å²) >= 11 is 0. The zero-order valence-electron chi connectivity index (χ0n) is 17.2. The van der Waals surface area contributed by atoms with E-state index in [9.17, 15) is 0 Å². The molecule has 0 atom stereocenters. The molecule has 29 heavy (non-hydrogen) atoms. The molecule has 0 aliphatic rings. The molecule has 3 aromatic rings. The molecular weight excluding hydrogens is 374 g/mol. The second-order valence-electron chi connectivity index (χ2n) is 8.11. The van der Waals surface area contributed by atoms with Gasteiger partial charge in [-0.3, -0.25) is 0 Å². The molecule has 5 heteroatoms. The lowest BCUT2D eigenvalue weighted by Gasteiger charge is -2.43. The molecule has 4 nitrogen and oxygen atoms in total. The third-order valence-corrected chi connectivity index (χ3v) is 10.3. The van der Waals surface area contributed by atoms with Gasteiger partial charge < -0.3 is 4.43 Å². The van der Waals surface area contributed by atoms with Crippen molar-refractivity contribution in [2.75, 3.05) is 0 Å². The minimum atomic E-state index is -2.59. The molecule has 0 aliphatic heterocycles. The van der Waals surface area contributed by atoms with Crippen LogP contribution in [0, 0.1) is 0 Å². The highest BCUT2D eigenvalue weighted by Crippen LogP contribution is 2.37. The molecule has 3 rings (SSSR count). The van der Waals surface area contributed by atoms with Crippen LogP contribution in [0.1, 0.15) is 31.9 Å². The van der Waals surface area contributed by atoms with E-state index >= 15 is 0 Å². The molecule has 0 saturated carbocycles. The number of benzene rings is 3. The first-order valence-corrected chi connectivity index (χ1v) is 11.7. The van der Waals surface area contributed by atoms with Crippen LogP contribution in [-0.4, -0.2) is 8.32 Å². The zero-order valence-corrected chi connectivity index (χ0v) is 18.2. The molecule has 0 unspecified atom stereocenters. The highest BCUT2D eigenvalue weighted by Gasteiger charge is 2.50. The van der Waals surface area contributed by atoms with Gasteiger partial charge in [-0.2, -0.15) is 0 Å². The molecule has 0 aliphatic carbocycles. The van der Waals surface area contributed by atoms with Gasteiger partial charge in [0.15, 0.2) is 0 Å². The Morgan fingerprint density at radius 2 is 1.28 bits per heavy atom. The summed E-state index contributed by atoms with van der Waals surface area (Å²) in [6, 6.07) is 29.2. The van der Waals surface area contributed by atoms with Crippen molar-refractivity contribution >= 4 is 18.7 Å². The smallest absolute Gasteiger partial charge is 0.261 e. The second kappa shape index (κ2) is 9.10. The van der Waals surface area contributed by atoms with Crippen molar-refractivity contribution in [1.29, 1.82) is 0 Å². The van der Waals surface area contributed by atoms with E-state index in [1.54, 1.807) is 0 Å². The average Bonchev–Trinajstić information content (AvgIpc) is 2.74. The highest BCUT2D eigenvalue weighted by atomic mass is 28.4. The predicted molar refractivity (Wildman–Crippen MR) is 122 cm³/mol. The summed E-state index contributed by atoms with van der Waals surface area (Å²) in [5, 5.41) is 6.19. The van der Waals surface area contributed by atoms with E-state index in [0.717, 1.165) is 11.1 Å². The van der Waals surface area contributed by atoms with Crippen LogP contribution >= 0.6 is 0 Å². The van der Waals surface area contributed by atoms with Crippen LogP contribution in [0.5, 0.6) is 0 Å². The average molecular weight is 402 g/mol. The summed E-state index contributed by atoms with van der Waals surface area (Å²) in [6.45, 7) is 7.61. The predicted octanol–water partition coefficient (Wildman–Crippen LogP) is 5.57. The van der Waals surface area contributed by atoms with Gasteiger partial charge in [0.05, 0.1) is 13.2 Å². The summed E-state index contributed by atoms with van der Waals surface area (Å²) in [4.78, 5) is 2.91. The van der Waals surface area contributed by atoms with Gasteiger partial charge in [-0.15, -0.1) is 0 Å². The molecule has 0 fully saturated rings. The second-order valence-corrected chi connectivity index (χ2v) is 12.4. The van der Waals surface area contributed by atoms with Crippen molar-refractivity contribution in [3.8, 4) is 0 Å². The maximum atomic E-state index is 8.72. The van der Waals surface area contributed by atoms with Gasteiger partial charge in [0.2, 0.25) is 0 Å².